The van der Waals surface area contributed by atoms with E-state index in [0.29, 0.717) is 6.61 Å². The molecule has 1 aromatic carbocycles. The average molecular weight is 319 g/mol. The predicted octanol–water partition coefficient (Wildman–Crippen LogP) is 2.70. The molecule has 0 spiro atoms. The van der Waals surface area contributed by atoms with E-state index in [9.17, 15) is 4.79 Å². The van der Waals surface area contributed by atoms with Crippen LogP contribution in [0.2, 0.25) is 0 Å². The first kappa shape index (κ1) is 21.0. The van der Waals surface area contributed by atoms with Crippen molar-refractivity contribution in [3.05, 3.63) is 42.6 Å². The highest BCUT2D eigenvalue weighted by Crippen LogP contribution is 2.07. The first-order chi connectivity index (χ1) is 11.2. The Hall–Kier alpha value is -1.98. The van der Waals surface area contributed by atoms with Crippen molar-refractivity contribution in [3.63, 3.8) is 0 Å². The number of pyridine rings is 1. The second kappa shape index (κ2) is 13.7. The summed E-state index contributed by atoms with van der Waals surface area (Å²) in [6, 6.07) is 12.1. The number of aromatic nitrogens is 1. The zero-order valence-electron chi connectivity index (χ0n) is 14.7. The first-order valence-electron chi connectivity index (χ1n) is 7.90. The zero-order chi connectivity index (χ0) is 17.5. The lowest BCUT2D eigenvalue weighted by atomic mass is 10.2. The summed E-state index contributed by atoms with van der Waals surface area (Å²) in [6.07, 6.45) is 1.81. The lowest BCUT2D eigenvalue weighted by Gasteiger charge is -2.16. The number of fused-ring (bicyclic) bond motifs is 1. The highest BCUT2D eigenvalue weighted by molar-refractivity contribution is 5.77. The van der Waals surface area contributed by atoms with Crippen molar-refractivity contribution in [3.8, 4) is 0 Å². The number of carbonyl (C=O) groups is 1. The summed E-state index contributed by atoms with van der Waals surface area (Å²) in [6.45, 7) is 9.00. The highest BCUT2D eigenvalue weighted by atomic mass is 16.5. The van der Waals surface area contributed by atoms with Crippen LogP contribution in [0.15, 0.2) is 42.6 Å². The molecule has 2 N–H and O–H groups in total. The molecule has 0 saturated heterocycles. The molecule has 0 atom stereocenters. The molecule has 2 aromatic rings. The van der Waals surface area contributed by atoms with Gasteiger partial charge < -0.3 is 15.4 Å². The average Bonchev–Trinajstić information content (AvgIpc) is 2.61. The molecule has 1 heterocycles. The predicted molar refractivity (Wildman–Crippen MR) is 96.3 cm³/mol. The van der Waals surface area contributed by atoms with E-state index >= 15 is 0 Å². The van der Waals surface area contributed by atoms with E-state index < -0.39 is 0 Å². The Morgan fingerprint density at radius 2 is 1.74 bits per heavy atom. The number of rotatable bonds is 5. The molecular formula is C18H29N3O2. The van der Waals surface area contributed by atoms with Crippen molar-refractivity contribution >= 4 is 16.9 Å². The van der Waals surface area contributed by atoms with Gasteiger partial charge in [-0.2, -0.15) is 0 Å². The Balaban J connectivity index is 0.000000380. The van der Waals surface area contributed by atoms with Crippen LogP contribution in [0.25, 0.3) is 10.9 Å². The number of esters is 1. The quantitative estimate of drug-likeness (QED) is 0.858. The number of para-hydroxylation sites is 1. The fourth-order valence-corrected chi connectivity index (χ4v) is 1.87. The molecule has 5 heteroatoms. The van der Waals surface area contributed by atoms with Crippen molar-refractivity contribution in [2.24, 2.45) is 5.73 Å². The SMILES string of the molecule is CCN(CC)CCOC(C)=O.CN.c1ccc2ncccc2c1. The Kier molecular flexibility index (Phi) is 12.5. The normalized spacial score (nSPS) is 9.48. The molecule has 0 amide bonds. The van der Waals surface area contributed by atoms with E-state index in [1.54, 1.807) is 0 Å². The van der Waals surface area contributed by atoms with Crippen molar-refractivity contribution in [2.75, 3.05) is 33.3 Å². The van der Waals surface area contributed by atoms with Crippen LogP contribution in [0.4, 0.5) is 0 Å². The van der Waals surface area contributed by atoms with Crippen molar-refractivity contribution in [1.82, 2.24) is 9.88 Å². The number of carbonyl (C=O) groups excluding carboxylic acids is 1. The maximum atomic E-state index is 10.4. The van der Waals surface area contributed by atoms with E-state index in [1.807, 2.05) is 30.5 Å². The summed E-state index contributed by atoms with van der Waals surface area (Å²) in [7, 11) is 1.50. The van der Waals surface area contributed by atoms with E-state index in [2.05, 4.69) is 41.6 Å². The van der Waals surface area contributed by atoms with Crippen LogP contribution in [-0.2, 0) is 9.53 Å². The largest absolute Gasteiger partial charge is 0.465 e. The van der Waals surface area contributed by atoms with Gasteiger partial charge in [-0.05, 0) is 32.3 Å². The number of nitrogens with two attached hydrogens (primary N) is 1. The van der Waals surface area contributed by atoms with Gasteiger partial charge in [0.15, 0.2) is 0 Å². The van der Waals surface area contributed by atoms with Gasteiger partial charge in [0.05, 0.1) is 5.52 Å². The van der Waals surface area contributed by atoms with Crippen molar-refractivity contribution < 1.29 is 9.53 Å². The Bertz CT molecular complexity index is 477. The van der Waals surface area contributed by atoms with Crippen LogP contribution in [0.3, 0.4) is 0 Å². The van der Waals surface area contributed by atoms with Crippen LogP contribution >= 0.6 is 0 Å². The number of benzene rings is 1. The summed E-state index contributed by atoms with van der Waals surface area (Å²) < 4.78 is 4.80. The monoisotopic (exact) mass is 319 g/mol. The smallest absolute Gasteiger partial charge is 0.302 e. The summed E-state index contributed by atoms with van der Waals surface area (Å²) in [4.78, 5) is 16.8. The fourth-order valence-electron chi connectivity index (χ4n) is 1.87. The van der Waals surface area contributed by atoms with Gasteiger partial charge in [0.2, 0.25) is 0 Å². The highest BCUT2D eigenvalue weighted by Gasteiger charge is 1.98. The molecule has 2 rings (SSSR count). The van der Waals surface area contributed by atoms with E-state index in [1.165, 1.54) is 19.4 Å². The first-order valence-corrected chi connectivity index (χ1v) is 7.90. The maximum absolute atomic E-state index is 10.4. The number of ether oxygens (including phenoxy) is 1. The third kappa shape index (κ3) is 9.60. The molecule has 128 valence electrons. The minimum atomic E-state index is -0.197. The van der Waals surface area contributed by atoms with Gasteiger partial charge in [0.1, 0.15) is 6.61 Å². The topological polar surface area (TPSA) is 68.5 Å². The van der Waals surface area contributed by atoms with E-state index in [-0.39, 0.29) is 5.97 Å². The second-order valence-electron chi connectivity index (χ2n) is 4.56. The van der Waals surface area contributed by atoms with Gasteiger partial charge >= 0.3 is 5.97 Å². The molecule has 23 heavy (non-hydrogen) atoms. The summed E-state index contributed by atoms with van der Waals surface area (Å²) in [5, 5.41) is 1.20. The van der Waals surface area contributed by atoms with Gasteiger partial charge in [0, 0.05) is 25.1 Å². The van der Waals surface area contributed by atoms with Crippen molar-refractivity contribution in [1.29, 1.82) is 0 Å². The van der Waals surface area contributed by atoms with Gasteiger partial charge in [-0.15, -0.1) is 0 Å². The van der Waals surface area contributed by atoms with E-state index in [0.717, 1.165) is 25.2 Å². The van der Waals surface area contributed by atoms with Crippen LogP contribution in [-0.4, -0.2) is 49.1 Å². The zero-order valence-corrected chi connectivity index (χ0v) is 14.7. The summed E-state index contributed by atoms with van der Waals surface area (Å²) in [5.41, 5.74) is 5.56. The molecular weight excluding hydrogens is 290 g/mol. The molecule has 0 aliphatic rings. The number of hydrogen-bond donors (Lipinski definition) is 1. The van der Waals surface area contributed by atoms with Gasteiger partial charge in [-0.3, -0.25) is 9.78 Å². The Morgan fingerprint density at radius 1 is 1.13 bits per heavy atom. The van der Waals surface area contributed by atoms with Crippen molar-refractivity contribution in [2.45, 2.75) is 20.8 Å². The molecule has 0 aliphatic heterocycles. The molecule has 0 radical (unpaired) electrons. The molecule has 0 saturated carbocycles. The molecule has 1 aromatic heterocycles. The van der Waals surface area contributed by atoms with Gasteiger partial charge in [-0.1, -0.05) is 38.1 Å². The van der Waals surface area contributed by atoms with E-state index in [4.69, 9.17) is 4.74 Å². The Labute approximate surface area is 139 Å². The standard InChI is InChI=1S/C9H7N.C8H17NO2.CH5N/c1-2-6-9-8(4-1)5-3-7-10-9;1-4-9(5-2)6-7-11-8(3)10;1-2/h1-7H;4-7H2,1-3H3;2H2,1H3. The van der Waals surface area contributed by atoms with Gasteiger partial charge in [0.25, 0.3) is 0 Å². The lowest BCUT2D eigenvalue weighted by molar-refractivity contribution is -0.141. The molecule has 0 fully saturated rings. The van der Waals surface area contributed by atoms with Crippen LogP contribution in [0.1, 0.15) is 20.8 Å². The van der Waals surface area contributed by atoms with Crippen LogP contribution in [0.5, 0.6) is 0 Å². The molecule has 0 unspecified atom stereocenters. The Morgan fingerprint density at radius 3 is 2.30 bits per heavy atom. The third-order valence-electron chi connectivity index (χ3n) is 3.12. The molecule has 5 nitrogen and oxygen atoms in total. The minimum absolute atomic E-state index is 0.197. The summed E-state index contributed by atoms with van der Waals surface area (Å²) in [5.74, 6) is -0.197. The number of hydrogen-bond acceptors (Lipinski definition) is 5. The molecule has 0 aliphatic carbocycles. The summed E-state index contributed by atoms with van der Waals surface area (Å²) >= 11 is 0. The van der Waals surface area contributed by atoms with Gasteiger partial charge in [-0.25, -0.2) is 0 Å². The van der Waals surface area contributed by atoms with Crippen LogP contribution in [0, 0.1) is 0 Å². The maximum Gasteiger partial charge on any atom is 0.302 e. The fraction of sp³-hybridized carbons (Fsp3) is 0.444. The minimum Gasteiger partial charge on any atom is -0.465 e. The number of nitrogens with zero attached hydrogens (tertiary/aromatic N) is 2. The second-order valence-corrected chi connectivity index (χ2v) is 4.56. The molecule has 0 bridgehead atoms. The lowest BCUT2D eigenvalue weighted by Crippen LogP contribution is -2.27. The van der Waals surface area contributed by atoms with Crippen LogP contribution < -0.4 is 5.73 Å². The number of likely N-dealkylation sites (N-methyl/N-ethyl adjacent to an activating group) is 1. The third-order valence-corrected chi connectivity index (χ3v) is 3.12.